The summed E-state index contributed by atoms with van der Waals surface area (Å²) in [6, 6.07) is 0. The molecule has 0 saturated heterocycles. The Morgan fingerprint density at radius 2 is 1.81 bits per heavy atom. The second kappa shape index (κ2) is 10.4. The third-order valence-corrected chi connectivity index (χ3v) is 2.24. The predicted molar refractivity (Wildman–Crippen MR) is 61.8 cm³/mol. The fourth-order valence-corrected chi connectivity index (χ4v) is 1.28. The zero-order chi connectivity index (χ0) is 12.2. The number of unbranched alkanes of at least 4 members (excludes halogenated alkanes) is 3. The Labute approximate surface area is 96.7 Å². The molecule has 0 aromatic rings. The molecule has 0 bridgehead atoms. The molecular weight excluding hydrogens is 208 g/mol. The molecule has 0 atom stereocenters. The Balaban J connectivity index is 3.28. The van der Waals surface area contributed by atoms with Gasteiger partial charge in [-0.2, -0.15) is 0 Å². The van der Waals surface area contributed by atoms with Gasteiger partial charge in [-0.1, -0.05) is 12.8 Å². The van der Waals surface area contributed by atoms with Gasteiger partial charge in [-0.05, 0) is 19.4 Å². The number of carbonyl (C=O) groups is 2. The lowest BCUT2D eigenvalue weighted by atomic mass is 10.1. The van der Waals surface area contributed by atoms with Crippen molar-refractivity contribution in [3.05, 3.63) is 0 Å². The molecule has 94 valence electrons. The van der Waals surface area contributed by atoms with E-state index in [4.69, 9.17) is 5.73 Å². The second-order valence-electron chi connectivity index (χ2n) is 3.63. The molecule has 0 aromatic carbocycles. The van der Waals surface area contributed by atoms with Crippen LogP contribution in [0.25, 0.3) is 0 Å². The Kier molecular flexibility index (Phi) is 9.70. The van der Waals surface area contributed by atoms with Gasteiger partial charge in [0.2, 0.25) is 5.91 Å². The van der Waals surface area contributed by atoms with Gasteiger partial charge in [-0.3, -0.25) is 9.59 Å². The number of carbonyl (C=O) groups excluding carboxylic acids is 2. The van der Waals surface area contributed by atoms with Crippen molar-refractivity contribution in [3.63, 3.8) is 0 Å². The van der Waals surface area contributed by atoms with E-state index in [9.17, 15) is 9.59 Å². The number of ether oxygens (including phenoxy) is 1. The quantitative estimate of drug-likeness (QED) is 0.448. The number of rotatable bonds is 9. The lowest BCUT2D eigenvalue weighted by molar-refractivity contribution is -0.140. The molecule has 0 unspecified atom stereocenters. The Hall–Kier alpha value is -1.10. The smallest absolute Gasteiger partial charge is 0.307 e. The van der Waals surface area contributed by atoms with Crippen LogP contribution in [0.15, 0.2) is 0 Å². The normalized spacial score (nSPS) is 9.88. The van der Waals surface area contributed by atoms with E-state index in [-0.39, 0.29) is 18.3 Å². The molecule has 0 aliphatic carbocycles. The maximum absolute atomic E-state index is 11.3. The second-order valence-corrected chi connectivity index (χ2v) is 3.63. The first-order valence-electron chi connectivity index (χ1n) is 5.74. The van der Waals surface area contributed by atoms with E-state index in [2.05, 4.69) is 10.1 Å². The van der Waals surface area contributed by atoms with Crippen molar-refractivity contribution in [2.75, 3.05) is 20.2 Å². The first kappa shape index (κ1) is 14.9. The van der Waals surface area contributed by atoms with Crippen molar-refractivity contribution in [2.45, 2.75) is 38.5 Å². The summed E-state index contributed by atoms with van der Waals surface area (Å²) in [5, 5.41) is 2.67. The molecule has 0 heterocycles. The molecule has 3 N–H and O–H groups in total. The van der Waals surface area contributed by atoms with E-state index in [1.165, 1.54) is 7.11 Å². The highest BCUT2D eigenvalue weighted by molar-refractivity contribution is 5.76. The number of methoxy groups -OCH3 is 1. The SMILES string of the molecule is COC(=O)CCNC(=O)CCCCCCN. The lowest BCUT2D eigenvalue weighted by Gasteiger charge is -2.04. The number of nitrogens with one attached hydrogen (secondary N) is 1. The van der Waals surface area contributed by atoms with E-state index in [0.717, 1.165) is 25.7 Å². The fourth-order valence-electron chi connectivity index (χ4n) is 1.28. The molecule has 1 amide bonds. The highest BCUT2D eigenvalue weighted by Crippen LogP contribution is 2.01. The number of hydrogen-bond acceptors (Lipinski definition) is 4. The van der Waals surface area contributed by atoms with Gasteiger partial charge in [0.25, 0.3) is 0 Å². The summed E-state index contributed by atoms with van der Waals surface area (Å²) in [5.74, 6) is -0.306. The summed E-state index contributed by atoms with van der Waals surface area (Å²) < 4.78 is 4.46. The van der Waals surface area contributed by atoms with Gasteiger partial charge in [0.05, 0.1) is 13.5 Å². The summed E-state index contributed by atoms with van der Waals surface area (Å²) in [7, 11) is 1.33. The predicted octanol–water partition coefficient (Wildman–Crippen LogP) is 0.575. The Morgan fingerprint density at radius 3 is 2.44 bits per heavy atom. The van der Waals surface area contributed by atoms with Crippen molar-refractivity contribution >= 4 is 11.9 Å². The van der Waals surface area contributed by atoms with Crippen LogP contribution in [0.5, 0.6) is 0 Å². The van der Waals surface area contributed by atoms with Crippen LogP contribution in [0.2, 0.25) is 0 Å². The van der Waals surface area contributed by atoms with Crippen LogP contribution in [-0.2, 0) is 14.3 Å². The van der Waals surface area contributed by atoms with Gasteiger partial charge in [-0.15, -0.1) is 0 Å². The maximum Gasteiger partial charge on any atom is 0.307 e. The third kappa shape index (κ3) is 9.45. The summed E-state index contributed by atoms with van der Waals surface area (Å²) in [4.78, 5) is 22.0. The zero-order valence-corrected chi connectivity index (χ0v) is 9.96. The van der Waals surface area contributed by atoms with Gasteiger partial charge < -0.3 is 15.8 Å². The number of amides is 1. The average molecular weight is 230 g/mol. The van der Waals surface area contributed by atoms with E-state index in [0.29, 0.717) is 19.5 Å². The Bertz CT molecular complexity index is 207. The first-order valence-corrected chi connectivity index (χ1v) is 5.74. The first-order chi connectivity index (χ1) is 7.70. The van der Waals surface area contributed by atoms with Crippen LogP contribution in [0.3, 0.4) is 0 Å². The molecule has 0 aliphatic heterocycles. The molecule has 16 heavy (non-hydrogen) atoms. The molecule has 0 spiro atoms. The van der Waals surface area contributed by atoms with Crippen molar-refractivity contribution in [1.29, 1.82) is 0 Å². The largest absolute Gasteiger partial charge is 0.469 e. The molecule has 0 saturated carbocycles. The third-order valence-electron chi connectivity index (χ3n) is 2.24. The Morgan fingerprint density at radius 1 is 1.12 bits per heavy atom. The molecular formula is C11H22N2O3. The summed E-state index contributed by atoms with van der Waals surface area (Å²) in [6.07, 6.45) is 4.75. The number of esters is 1. The van der Waals surface area contributed by atoms with Crippen molar-refractivity contribution in [1.82, 2.24) is 5.32 Å². The van der Waals surface area contributed by atoms with Gasteiger partial charge in [0.1, 0.15) is 0 Å². The van der Waals surface area contributed by atoms with E-state index in [1.807, 2.05) is 0 Å². The minimum absolute atomic E-state index is 0.00310. The van der Waals surface area contributed by atoms with Gasteiger partial charge in [0, 0.05) is 13.0 Å². The number of hydrogen-bond donors (Lipinski definition) is 2. The van der Waals surface area contributed by atoms with E-state index >= 15 is 0 Å². The molecule has 0 fully saturated rings. The van der Waals surface area contributed by atoms with Gasteiger partial charge in [-0.25, -0.2) is 0 Å². The zero-order valence-electron chi connectivity index (χ0n) is 9.96. The minimum atomic E-state index is -0.303. The molecule has 0 radical (unpaired) electrons. The summed E-state index contributed by atoms with van der Waals surface area (Å²) in [5.41, 5.74) is 5.35. The topological polar surface area (TPSA) is 81.4 Å². The maximum atomic E-state index is 11.3. The minimum Gasteiger partial charge on any atom is -0.469 e. The van der Waals surface area contributed by atoms with Crippen LogP contribution >= 0.6 is 0 Å². The molecule has 0 aromatic heterocycles. The van der Waals surface area contributed by atoms with Crippen LogP contribution < -0.4 is 11.1 Å². The van der Waals surface area contributed by atoms with Gasteiger partial charge >= 0.3 is 5.97 Å². The van der Waals surface area contributed by atoms with Crippen LogP contribution in [0.4, 0.5) is 0 Å². The van der Waals surface area contributed by atoms with Crippen LogP contribution in [0, 0.1) is 0 Å². The standard InChI is InChI=1S/C11H22N2O3/c1-16-11(15)7-9-13-10(14)6-4-2-3-5-8-12/h2-9,12H2,1H3,(H,13,14). The van der Waals surface area contributed by atoms with Crippen LogP contribution in [-0.4, -0.2) is 32.1 Å². The van der Waals surface area contributed by atoms with Crippen molar-refractivity contribution in [3.8, 4) is 0 Å². The number of nitrogens with two attached hydrogens (primary N) is 1. The molecule has 0 rings (SSSR count). The molecule has 5 nitrogen and oxygen atoms in total. The lowest BCUT2D eigenvalue weighted by Crippen LogP contribution is -2.25. The van der Waals surface area contributed by atoms with E-state index in [1.54, 1.807) is 0 Å². The highest BCUT2D eigenvalue weighted by atomic mass is 16.5. The van der Waals surface area contributed by atoms with Crippen molar-refractivity contribution in [2.24, 2.45) is 5.73 Å². The van der Waals surface area contributed by atoms with Crippen LogP contribution in [0.1, 0.15) is 38.5 Å². The molecule has 5 heteroatoms. The molecule has 0 aliphatic rings. The monoisotopic (exact) mass is 230 g/mol. The van der Waals surface area contributed by atoms with Gasteiger partial charge in [0.15, 0.2) is 0 Å². The highest BCUT2D eigenvalue weighted by Gasteiger charge is 2.03. The summed E-state index contributed by atoms with van der Waals surface area (Å²) >= 11 is 0. The fraction of sp³-hybridized carbons (Fsp3) is 0.818. The average Bonchev–Trinajstić information content (AvgIpc) is 2.28. The summed E-state index contributed by atoms with van der Waals surface area (Å²) in [6.45, 7) is 1.07. The van der Waals surface area contributed by atoms with Crippen molar-refractivity contribution < 1.29 is 14.3 Å². The van der Waals surface area contributed by atoms with E-state index < -0.39 is 0 Å².